The molecule has 200 valence electrons. The molecule has 4 aliphatic heterocycles. The third-order valence-corrected chi connectivity index (χ3v) is 9.88. The summed E-state index contributed by atoms with van der Waals surface area (Å²) in [5.74, 6) is 1.08. The van der Waals surface area contributed by atoms with Crippen LogP contribution in [-0.2, 0) is 13.0 Å². The summed E-state index contributed by atoms with van der Waals surface area (Å²) in [6.45, 7) is 5.39. The number of piperazine rings is 1. The number of nitrogens with one attached hydrogen (secondary N) is 1. The summed E-state index contributed by atoms with van der Waals surface area (Å²) in [5, 5.41) is 6.75. The molecule has 2 aromatic carbocycles. The van der Waals surface area contributed by atoms with Crippen molar-refractivity contribution in [1.82, 2.24) is 20.2 Å². The van der Waals surface area contributed by atoms with Crippen LogP contribution in [0.2, 0.25) is 5.02 Å². The minimum atomic E-state index is 0.431. The molecule has 3 saturated heterocycles. The highest BCUT2D eigenvalue weighted by Crippen LogP contribution is 2.40. The minimum Gasteiger partial charge on any atom is -0.462 e. The molecule has 2 unspecified atom stereocenters. The second-order valence-electron chi connectivity index (χ2n) is 11.3. The third-order valence-electron chi connectivity index (χ3n) is 8.87. The number of halogens is 2. The van der Waals surface area contributed by atoms with Gasteiger partial charge in [-0.2, -0.15) is 9.97 Å². The molecule has 3 atom stereocenters. The van der Waals surface area contributed by atoms with Crippen LogP contribution in [0.15, 0.2) is 34.8 Å². The van der Waals surface area contributed by atoms with Gasteiger partial charge in [0.1, 0.15) is 12.4 Å². The first kappa shape index (κ1) is 24.9. The number of hydrogen-bond donors (Lipinski definition) is 1. The summed E-state index contributed by atoms with van der Waals surface area (Å²) in [4.78, 5) is 17.4. The van der Waals surface area contributed by atoms with Crippen LogP contribution >= 0.6 is 27.5 Å². The van der Waals surface area contributed by atoms with Gasteiger partial charge in [-0.3, -0.25) is 0 Å². The number of hydrogen-bond acceptors (Lipinski definition) is 7. The summed E-state index contributed by atoms with van der Waals surface area (Å²) < 4.78 is 7.38. The Morgan fingerprint density at radius 1 is 1.05 bits per heavy atom. The lowest BCUT2D eigenvalue weighted by Crippen LogP contribution is -2.52. The first-order valence-electron chi connectivity index (χ1n) is 13.9. The molecule has 7 nitrogen and oxygen atoms in total. The number of nitrogens with zero attached hydrogens (tertiary/aromatic N) is 5. The van der Waals surface area contributed by atoms with Crippen LogP contribution in [0, 0.1) is 0 Å². The van der Waals surface area contributed by atoms with Gasteiger partial charge in [-0.15, -0.1) is 0 Å². The van der Waals surface area contributed by atoms with Gasteiger partial charge < -0.3 is 24.8 Å². The van der Waals surface area contributed by atoms with E-state index >= 15 is 0 Å². The van der Waals surface area contributed by atoms with E-state index in [9.17, 15) is 0 Å². The standard InChI is InChI=1S/C29H34BrClN6O/c1-35-12-3-4-20(35)17-38-29-33-25-16-36(26-10-9-23(30)21-5-2-6-24(31)27(21)26)13-11-22(25)28(34-29)37-14-18-7-8-19(15-37)32-18/h2,5-6,9-10,18-20,32H,3-4,7-8,11-17H2,1H3/t18?,19?,20-/m0/s1. The molecule has 38 heavy (non-hydrogen) atoms. The molecule has 0 saturated carbocycles. The number of anilines is 2. The zero-order valence-corrected chi connectivity index (χ0v) is 24.1. The van der Waals surface area contributed by atoms with Crippen LogP contribution in [-0.4, -0.2) is 72.8 Å². The zero-order valence-electron chi connectivity index (χ0n) is 21.8. The number of benzene rings is 2. The SMILES string of the molecule is CN1CCC[C@H]1COc1nc2c(c(N3CC4CCC(C3)N4)n1)CCN(c1ccc(Br)c3cccc(Cl)c13)C2. The topological polar surface area (TPSA) is 56.8 Å². The van der Waals surface area contributed by atoms with Crippen LogP contribution in [0.3, 0.4) is 0 Å². The van der Waals surface area contributed by atoms with Crippen molar-refractivity contribution in [3.63, 3.8) is 0 Å². The molecule has 3 aromatic rings. The maximum Gasteiger partial charge on any atom is 0.318 e. The smallest absolute Gasteiger partial charge is 0.318 e. The first-order chi connectivity index (χ1) is 18.5. The number of aromatic nitrogens is 2. The molecule has 0 aliphatic carbocycles. The normalized spacial score (nSPS) is 25.3. The van der Waals surface area contributed by atoms with E-state index in [0.717, 1.165) is 70.1 Å². The molecule has 5 heterocycles. The number of likely N-dealkylation sites (N-methyl/N-ethyl adjacent to an activating group) is 1. The van der Waals surface area contributed by atoms with Crippen molar-refractivity contribution >= 4 is 49.8 Å². The van der Waals surface area contributed by atoms with E-state index in [1.807, 2.05) is 12.1 Å². The number of likely N-dealkylation sites (tertiary alicyclic amines) is 1. The van der Waals surface area contributed by atoms with Crippen molar-refractivity contribution in [3.8, 4) is 6.01 Å². The Morgan fingerprint density at radius 3 is 2.68 bits per heavy atom. The van der Waals surface area contributed by atoms with E-state index in [0.29, 0.717) is 37.3 Å². The fourth-order valence-corrected chi connectivity index (χ4v) is 7.56. The van der Waals surface area contributed by atoms with Gasteiger partial charge in [0.15, 0.2) is 0 Å². The fourth-order valence-electron chi connectivity index (χ4n) is 6.82. The Labute approximate surface area is 237 Å². The second kappa shape index (κ2) is 10.1. The fraction of sp³-hybridized carbons (Fsp3) is 0.517. The molecule has 9 heteroatoms. The van der Waals surface area contributed by atoms with Crippen LogP contribution in [0.5, 0.6) is 6.01 Å². The van der Waals surface area contributed by atoms with Gasteiger partial charge in [0, 0.05) is 58.9 Å². The quantitative estimate of drug-likeness (QED) is 0.443. The monoisotopic (exact) mass is 596 g/mol. The van der Waals surface area contributed by atoms with Crippen LogP contribution in [0.4, 0.5) is 11.5 Å². The lowest BCUT2D eigenvalue weighted by molar-refractivity contribution is 0.187. The van der Waals surface area contributed by atoms with Gasteiger partial charge in [0.25, 0.3) is 0 Å². The predicted molar refractivity (Wildman–Crippen MR) is 157 cm³/mol. The van der Waals surface area contributed by atoms with Crippen molar-refractivity contribution in [2.24, 2.45) is 0 Å². The molecule has 0 radical (unpaired) electrons. The first-order valence-corrected chi connectivity index (χ1v) is 15.1. The summed E-state index contributed by atoms with van der Waals surface area (Å²) >= 11 is 10.5. The average molecular weight is 598 g/mol. The van der Waals surface area contributed by atoms with E-state index in [4.69, 9.17) is 26.3 Å². The number of ether oxygens (including phenoxy) is 1. The molecule has 1 N–H and O–H groups in total. The Hall–Kier alpha value is -2.13. The Morgan fingerprint density at radius 2 is 1.89 bits per heavy atom. The van der Waals surface area contributed by atoms with Crippen molar-refractivity contribution in [2.75, 3.05) is 49.6 Å². The van der Waals surface area contributed by atoms with Gasteiger partial charge in [-0.05, 0) is 69.3 Å². The number of fused-ring (bicyclic) bond motifs is 4. The Kier molecular flexibility index (Phi) is 6.63. The molecular weight excluding hydrogens is 564 g/mol. The van der Waals surface area contributed by atoms with Gasteiger partial charge in [-0.25, -0.2) is 0 Å². The van der Waals surface area contributed by atoms with Crippen LogP contribution < -0.4 is 19.9 Å². The highest BCUT2D eigenvalue weighted by Gasteiger charge is 2.35. The second-order valence-corrected chi connectivity index (χ2v) is 12.5. The van der Waals surface area contributed by atoms with Crippen molar-refractivity contribution in [3.05, 3.63) is 51.1 Å². The van der Waals surface area contributed by atoms with Crippen LogP contribution in [0.25, 0.3) is 10.8 Å². The zero-order chi connectivity index (χ0) is 25.8. The maximum absolute atomic E-state index is 6.74. The molecule has 3 fully saturated rings. The van der Waals surface area contributed by atoms with E-state index in [2.05, 4.69) is 61.2 Å². The van der Waals surface area contributed by atoms with E-state index in [-0.39, 0.29) is 0 Å². The predicted octanol–water partition coefficient (Wildman–Crippen LogP) is 5.02. The molecule has 0 amide bonds. The Balaban J connectivity index is 1.24. The molecular formula is C29H34BrClN6O. The van der Waals surface area contributed by atoms with Crippen LogP contribution in [0.1, 0.15) is 36.9 Å². The molecule has 1 aromatic heterocycles. The summed E-state index contributed by atoms with van der Waals surface area (Å²) in [7, 11) is 2.18. The molecule has 2 bridgehead atoms. The van der Waals surface area contributed by atoms with Crippen molar-refractivity contribution in [1.29, 1.82) is 0 Å². The molecule has 0 spiro atoms. The van der Waals surface area contributed by atoms with E-state index < -0.39 is 0 Å². The van der Waals surface area contributed by atoms with Crippen molar-refractivity contribution < 1.29 is 4.74 Å². The maximum atomic E-state index is 6.74. The summed E-state index contributed by atoms with van der Waals surface area (Å²) in [6, 6.07) is 12.5. The molecule has 7 rings (SSSR count). The van der Waals surface area contributed by atoms with E-state index in [1.165, 1.54) is 31.2 Å². The summed E-state index contributed by atoms with van der Waals surface area (Å²) in [6.07, 6.45) is 5.79. The van der Waals surface area contributed by atoms with Gasteiger partial charge in [0.2, 0.25) is 0 Å². The highest BCUT2D eigenvalue weighted by molar-refractivity contribution is 9.10. The minimum absolute atomic E-state index is 0.431. The Bertz CT molecular complexity index is 1360. The lowest BCUT2D eigenvalue weighted by Gasteiger charge is -2.37. The average Bonchev–Trinajstić information content (AvgIpc) is 3.50. The summed E-state index contributed by atoms with van der Waals surface area (Å²) in [5.41, 5.74) is 3.50. The van der Waals surface area contributed by atoms with Gasteiger partial charge >= 0.3 is 6.01 Å². The largest absolute Gasteiger partial charge is 0.462 e. The van der Waals surface area contributed by atoms with Gasteiger partial charge in [0.05, 0.1) is 17.3 Å². The molecule has 4 aliphatic rings. The van der Waals surface area contributed by atoms with Gasteiger partial charge in [-0.1, -0.05) is 39.7 Å². The highest BCUT2D eigenvalue weighted by atomic mass is 79.9. The van der Waals surface area contributed by atoms with E-state index in [1.54, 1.807) is 0 Å². The number of rotatable bonds is 5. The third kappa shape index (κ3) is 4.53. The lowest BCUT2D eigenvalue weighted by atomic mass is 10.0. The van der Waals surface area contributed by atoms with Crippen molar-refractivity contribution in [2.45, 2.75) is 56.8 Å².